The van der Waals surface area contributed by atoms with Gasteiger partial charge in [-0.05, 0) is 42.2 Å². The highest BCUT2D eigenvalue weighted by Crippen LogP contribution is 2.39. The van der Waals surface area contributed by atoms with Crippen LogP contribution in [0.2, 0.25) is 25.7 Å². The molecule has 0 unspecified atom stereocenters. The fourth-order valence-corrected chi connectivity index (χ4v) is 5.42. The van der Waals surface area contributed by atoms with Crippen molar-refractivity contribution in [2.24, 2.45) is 0 Å². The second kappa shape index (κ2) is 8.97. The number of hydroxylamine groups is 2. The Balaban J connectivity index is 1.86. The maximum absolute atomic E-state index is 12.9. The van der Waals surface area contributed by atoms with E-state index < -0.39 is 14.2 Å². The Labute approximate surface area is 175 Å². The van der Waals surface area contributed by atoms with Gasteiger partial charge < -0.3 is 4.74 Å². The van der Waals surface area contributed by atoms with Crippen LogP contribution in [0, 0.1) is 0 Å². The number of amides is 1. The lowest BCUT2D eigenvalue weighted by Crippen LogP contribution is -2.46. The first-order valence-corrected chi connectivity index (χ1v) is 13.9. The second-order valence-corrected chi connectivity index (χ2v) is 14.4. The lowest BCUT2D eigenvalue weighted by Gasteiger charge is -2.40. The van der Waals surface area contributed by atoms with E-state index in [1.807, 2.05) is 67.6 Å². The van der Waals surface area contributed by atoms with Crippen molar-refractivity contribution in [2.45, 2.75) is 58.3 Å². The molecule has 4 nitrogen and oxygen atoms in total. The second-order valence-electron chi connectivity index (χ2n) is 8.88. The highest BCUT2D eigenvalue weighted by molar-refractivity contribution is 6.76. The Hall–Kier alpha value is -2.37. The van der Waals surface area contributed by atoms with Crippen LogP contribution in [-0.4, -0.2) is 25.3 Å². The zero-order valence-electron chi connectivity index (χ0n) is 18.0. The molecule has 0 saturated heterocycles. The van der Waals surface area contributed by atoms with E-state index in [1.54, 1.807) is 0 Å². The van der Waals surface area contributed by atoms with Gasteiger partial charge in [0.05, 0.1) is 6.04 Å². The van der Waals surface area contributed by atoms with Crippen LogP contribution in [0.3, 0.4) is 0 Å². The van der Waals surface area contributed by atoms with E-state index >= 15 is 0 Å². The SMILES string of the molecule is CC1=C(C[Si](C)(C)C)[C@@H](C)N(C(=O)OCc2ccccc2)O[C@H]1c1ccccc1. The van der Waals surface area contributed by atoms with E-state index in [9.17, 15) is 4.79 Å². The number of nitrogens with zero attached hydrogens (tertiary/aromatic N) is 1. The van der Waals surface area contributed by atoms with Crippen molar-refractivity contribution in [2.75, 3.05) is 0 Å². The van der Waals surface area contributed by atoms with E-state index in [-0.39, 0.29) is 18.8 Å². The van der Waals surface area contributed by atoms with Crippen LogP contribution >= 0.6 is 0 Å². The first-order chi connectivity index (χ1) is 13.8. The Morgan fingerprint density at radius 3 is 2.21 bits per heavy atom. The number of carbonyl (C=O) groups is 1. The average molecular weight is 410 g/mol. The van der Waals surface area contributed by atoms with Crippen LogP contribution in [-0.2, 0) is 16.2 Å². The smallest absolute Gasteiger partial charge is 0.434 e. The van der Waals surface area contributed by atoms with Gasteiger partial charge in [-0.15, -0.1) is 0 Å². The molecule has 1 heterocycles. The molecule has 1 aliphatic rings. The average Bonchev–Trinajstić information content (AvgIpc) is 2.70. The summed E-state index contributed by atoms with van der Waals surface area (Å²) in [5, 5.41) is 1.43. The summed E-state index contributed by atoms with van der Waals surface area (Å²) in [6, 6.07) is 20.7. The Morgan fingerprint density at radius 1 is 1.03 bits per heavy atom. The number of carbonyl (C=O) groups excluding carboxylic acids is 1. The quantitative estimate of drug-likeness (QED) is 0.426. The van der Waals surface area contributed by atoms with Crippen molar-refractivity contribution in [3.05, 3.63) is 82.9 Å². The molecule has 0 N–H and O–H groups in total. The van der Waals surface area contributed by atoms with Gasteiger partial charge in [0.15, 0.2) is 0 Å². The largest absolute Gasteiger partial charge is 0.443 e. The molecule has 154 valence electrons. The minimum Gasteiger partial charge on any atom is -0.443 e. The lowest BCUT2D eigenvalue weighted by molar-refractivity contribution is -0.190. The predicted octanol–water partition coefficient (Wildman–Crippen LogP) is 6.35. The number of ether oxygens (including phenoxy) is 1. The standard InChI is InChI=1S/C24H31NO3Si/c1-18-22(17-29(3,4)5)19(2)25(28-23(18)21-14-10-7-11-15-21)24(26)27-16-20-12-8-6-9-13-20/h6-15,19,23H,16-17H2,1-5H3/t19-,23-/m1/s1. The number of hydrogen-bond acceptors (Lipinski definition) is 3. The minimum absolute atomic E-state index is 0.148. The van der Waals surface area contributed by atoms with Gasteiger partial charge >= 0.3 is 6.09 Å². The van der Waals surface area contributed by atoms with Crippen molar-refractivity contribution in [1.29, 1.82) is 0 Å². The third kappa shape index (κ3) is 5.37. The first kappa shape index (κ1) is 21.3. The summed E-state index contributed by atoms with van der Waals surface area (Å²) >= 11 is 0. The van der Waals surface area contributed by atoms with E-state index in [2.05, 4.69) is 26.6 Å². The van der Waals surface area contributed by atoms with Crippen LogP contribution < -0.4 is 0 Å². The molecule has 1 amide bonds. The molecule has 3 rings (SSSR count). The van der Waals surface area contributed by atoms with Gasteiger partial charge in [-0.25, -0.2) is 4.79 Å². The molecule has 2 aromatic carbocycles. The molecule has 0 fully saturated rings. The summed E-state index contributed by atoms with van der Waals surface area (Å²) in [5.41, 5.74) is 4.50. The minimum atomic E-state index is -1.39. The van der Waals surface area contributed by atoms with Gasteiger partial charge in [-0.1, -0.05) is 80.3 Å². The number of hydrogen-bond donors (Lipinski definition) is 0. The van der Waals surface area contributed by atoms with Crippen molar-refractivity contribution >= 4 is 14.2 Å². The van der Waals surface area contributed by atoms with Crippen molar-refractivity contribution < 1.29 is 14.4 Å². The van der Waals surface area contributed by atoms with Gasteiger partial charge in [-0.2, -0.15) is 5.06 Å². The van der Waals surface area contributed by atoms with Gasteiger partial charge in [0.1, 0.15) is 12.7 Å². The summed E-state index contributed by atoms with van der Waals surface area (Å²) < 4.78 is 5.59. The maximum atomic E-state index is 12.9. The fraction of sp³-hybridized carbons (Fsp3) is 0.375. The Kier molecular flexibility index (Phi) is 6.60. The van der Waals surface area contributed by atoms with Crippen LogP contribution in [0.15, 0.2) is 71.8 Å². The fourth-order valence-electron chi connectivity index (χ4n) is 3.70. The Morgan fingerprint density at radius 2 is 1.62 bits per heavy atom. The number of benzene rings is 2. The summed E-state index contributed by atoms with van der Waals surface area (Å²) in [6.07, 6.45) is -0.717. The third-order valence-corrected chi connectivity index (χ3v) is 6.62. The maximum Gasteiger partial charge on any atom is 0.434 e. The monoisotopic (exact) mass is 409 g/mol. The molecular formula is C24H31NO3Si. The first-order valence-electron chi connectivity index (χ1n) is 10.2. The number of rotatable bonds is 5. The van der Waals surface area contributed by atoms with Crippen molar-refractivity contribution in [3.63, 3.8) is 0 Å². The van der Waals surface area contributed by atoms with E-state index in [0.717, 1.165) is 17.2 Å². The summed E-state index contributed by atoms with van der Waals surface area (Å²) in [6.45, 7) is 11.5. The predicted molar refractivity (Wildman–Crippen MR) is 119 cm³/mol. The molecule has 0 radical (unpaired) electrons. The Bertz CT molecular complexity index is 859. The molecule has 5 heteroatoms. The molecule has 0 aliphatic carbocycles. The molecule has 1 aliphatic heterocycles. The third-order valence-electron chi connectivity index (χ3n) is 5.18. The highest BCUT2D eigenvalue weighted by atomic mass is 28.3. The van der Waals surface area contributed by atoms with Crippen LogP contribution in [0.1, 0.15) is 31.1 Å². The van der Waals surface area contributed by atoms with Crippen LogP contribution in [0.25, 0.3) is 0 Å². The van der Waals surface area contributed by atoms with E-state index in [0.29, 0.717) is 0 Å². The zero-order chi connectivity index (χ0) is 21.0. The topological polar surface area (TPSA) is 38.8 Å². The van der Waals surface area contributed by atoms with Gasteiger partial charge in [0, 0.05) is 8.07 Å². The summed E-state index contributed by atoms with van der Waals surface area (Å²) in [4.78, 5) is 19.2. The molecule has 0 saturated carbocycles. The summed E-state index contributed by atoms with van der Waals surface area (Å²) in [7, 11) is -1.39. The van der Waals surface area contributed by atoms with Gasteiger partial charge in [0.2, 0.25) is 0 Å². The van der Waals surface area contributed by atoms with Crippen molar-refractivity contribution in [3.8, 4) is 0 Å². The molecular weight excluding hydrogens is 378 g/mol. The van der Waals surface area contributed by atoms with Crippen molar-refractivity contribution in [1.82, 2.24) is 5.06 Å². The molecule has 0 aromatic heterocycles. The molecule has 0 bridgehead atoms. The summed E-state index contributed by atoms with van der Waals surface area (Å²) in [5.74, 6) is 0. The molecule has 2 aromatic rings. The molecule has 0 spiro atoms. The van der Waals surface area contributed by atoms with Gasteiger partial charge in [-0.3, -0.25) is 4.84 Å². The normalized spacial score (nSPS) is 20.0. The van der Waals surface area contributed by atoms with Crippen LogP contribution in [0.4, 0.5) is 4.79 Å². The van der Waals surface area contributed by atoms with E-state index in [4.69, 9.17) is 9.57 Å². The van der Waals surface area contributed by atoms with E-state index in [1.165, 1.54) is 16.2 Å². The van der Waals surface area contributed by atoms with Crippen LogP contribution in [0.5, 0.6) is 0 Å². The van der Waals surface area contributed by atoms with Gasteiger partial charge in [0.25, 0.3) is 0 Å². The molecule has 2 atom stereocenters. The molecule has 29 heavy (non-hydrogen) atoms. The zero-order valence-corrected chi connectivity index (χ0v) is 19.0. The highest BCUT2D eigenvalue weighted by Gasteiger charge is 2.38. The lowest BCUT2D eigenvalue weighted by atomic mass is 9.94.